The van der Waals surface area contributed by atoms with E-state index in [0.29, 0.717) is 11.8 Å². The Bertz CT molecular complexity index is 2460. The van der Waals surface area contributed by atoms with Crippen LogP contribution in [0.3, 0.4) is 0 Å². The van der Waals surface area contributed by atoms with E-state index in [-0.39, 0.29) is 0 Å². The summed E-state index contributed by atoms with van der Waals surface area (Å²) < 4.78 is 2.45. The summed E-state index contributed by atoms with van der Waals surface area (Å²) in [6, 6.07) is 43.6. The minimum atomic E-state index is 0.482. The fourth-order valence-electron chi connectivity index (χ4n) is 7.67. The van der Waals surface area contributed by atoms with Crippen LogP contribution in [0.25, 0.3) is 71.2 Å². The highest BCUT2D eigenvalue weighted by Gasteiger charge is 2.43. The van der Waals surface area contributed by atoms with Crippen LogP contribution in [0.1, 0.15) is 17.7 Å². The minimum absolute atomic E-state index is 0.482. The quantitative estimate of drug-likeness (QED) is 0.201. The summed E-state index contributed by atoms with van der Waals surface area (Å²) >= 11 is 0. The van der Waals surface area contributed by atoms with Gasteiger partial charge in [0.15, 0.2) is 0 Å². The van der Waals surface area contributed by atoms with Crippen molar-refractivity contribution in [1.29, 1.82) is 0 Å². The topological polar surface area (TPSA) is 30.7 Å². The molecule has 2 aliphatic rings. The molecule has 0 amide bonds. The summed E-state index contributed by atoms with van der Waals surface area (Å²) in [6.07, 6.45) is 7.86. The normalized spacial score (nSPS) is 17.7. The molecule has 0 N–H and O–H groups in total. The number of aromatic nitrogens is 3. The molecule has 0 spiro atoms. The summed E-state index contributed by atoms with van der Waals surface area (Å²) in [6.45, 7) is 0. The molecule has 1 saturated carbocycles. The first kappa shape index (κ1) is 24.0. The Morgan fingerprint density at radius 1 is 0.568 bits per heavy atom. The second-order valence-corrected chi connectivity index (χ2v) is 12.1. The number of fused-ring (bicyclic) bond motifs is 10. The van der Waals surface area contributed by atoms with Crippen molar-refractivity contribution in [2.45, 2.75) is 6.42 Å². The fraction of sp³-hybridized carbons (Fsp3) is 0.0732. The maximum atomic E-state index is 5.42. The summed E-state index contributed by atoms with van der Waals surface area (Å²) in [5.74, 6) is 1.06. The maximum absolute atomic E-state index is 5.42. The van der Waals surface area contributed by atoms with E-state index in [1.807, 2.05) is 6.20 Å². The van der Waals surface area contributed by atoms with Gasteiger partial charge in [-0.2, -0.15) is 0 Å². The summed E-state index contributed by atoms with van der Waals surface area (Å²) in [5.41, 5.74) is 10.4. The molecule has 0 bridgehead atoms. The van der Waals surface area contributed by atoms with Crippen molar-refractivity contribution >= 4 is 65.5 Å². The third-order valence-corrected chi connectivity index (χ3v) is 9.73. The lowest BCUT2D eigenvalue weighted by atomic mass is 9.88. The SMILES string of the molecule is C1=CC2CC2C(c2ccccc2-n2c3ccccc3c3ccccc32)=C1c1cnc2c3ccccc3c3ccccc3c2n1. The smallest absolute Gasteiger partial charge is 0.0979 e. The van der Waals surface area contributed by atoms with Gasteiger partial charge in [-0.25, -0.2) is 4.98 Å². The van der Waals surface area contributed by atoms with Gasteiger partial charge in [0.2, 0.25) is 0 Å². The fourth-order valence-corrected chi connectivity index (χ4v) is 7.67. The van der Waals surface area contributed by atoms with E-state index in [9.17, 15) is 0 Å². The number of nitrogens with zero attached hydrogens (tertiary/aromatic N) is 3. The lowest BCUT2D eigenvalue weighted by molar-refractivity contribution is 0.995. The van der Waals surface area contributed by atoms with Crippen molar-refractivity contribution in [3.8, 4) is 5.69 Å². The van der Waals surface area contributed by atoms with Gasteiger partial charge in [0.05, 0.1) is 39.6 Å². The number of hydrogen-bond donors (Lipinski definition) is 0. The molecule has 2 heterocycles. The van der Waals surface area contributed by atoms with Crippen LogP contribution in [-0.2, 0) is 0 Å². The lowest BCUT2D eigenvalue weighted by Crippen LogP contribution is -2.05. The van der Waals surface area contributed by atoms with Crippen molar-refractivity contribution in [3.05, 3.63) is 151 Å². The average molecular weight is 562 g/mol. The van der Waals surface area contributed by atoms with Gasteiger partial charge in [0.1, 0.15) is 0 Å². The number of benzene rings is 6. The molecule has 10 rings (SSSR count). The Labute approximate surface area is 254 Å². The van der Waals surface area contributed by atoms with Crippen LogP contribution in [0, 0.1) is 11.8 Å². The van der Waals surface area contributed by atoms with Gasteiger partial charge in [-0.15, -0.1) is 0 Å². The van der Waals surface area contributed by atoms with Gasteiger partial charge in [-0.1, -0.05) is 115 Å². The molecule has 0 saturated heterocycles. The van der Waals surface area contributed by atoms with Gasteiger partial charge >= 0.3 is 0 Å². The zero-order chi connectivity index (χ0) is 28.8. The first-order valence-corrected chi connectivity index (χ1v) is 15.4. The third-order valence-electron chi connectivity index (χ3n) is 9.73. The lowest BCUT2D eigenvalue weighted by Gasteiger charge is -2.21. The van der Waals surface area contributed by atoms with Crippen molar-refractivity contribution < 1.29 is 0 Å². The Balaban J connectivity index is 1.26. The molecule has 2 aromatic heterocycles. The van der Waals surface area contributed by atoms with Crippen LogP contribution in [0.5, 0.6) is 0 Å². The molecule has 6 aromatic carbocycles. The maximum Gasteiger partial charge on any atom is 0.0979 e. The van der Waals surface area contributed by atoms with E-state index in [1.54, 1.807) is 0 Å². The second-order valence-electron chi connectivity index (χ2n) is 12.1. The Morgan fingerprint density at radius 2 is 1.14 bits per heavy atom. The molecule has 0 radical (unpaired) electrons. The predicted molar refractivity (Wildman–Crippen MR) is 183 cm³/mol. The van der Waals surface area contributed by atoms with Crippen molar-refractivity contribution in [2.75, 3.05) is 0 Å². The molecule has 206 valence electrons. The van der Waals surface area contributed by atoms with Crippen LogP contribution < -0.4 is 0 Å². The minimum Gasteiger partial charge on any atom is -0.309 e. The van der Waals surface area contributed by atoms with Gasteiger partial charge < -0.3 is 4.57 Å². The largest absolute Gasteiger partial charge is 0.309 e. The zero-order valence-electron chi connectivity index (χ0n) is 24.0. The van der Waals surface area contributed by atoms with E-state index in [0.717, 1.165) is 27.5 Å². The summed E-state index contributed by atoms with van der Waals surface area (Å²) in [4.78, 5) is 10.5. The van der Waals surface area contributed by atoms with Crippen LogP contribution >= 0.6 is 0 Å². The molecule has 2 atom stereocenters. The molecule has 1 fully saturated rings. The van der Waals surface area contributed by atoms with Crippen molar-refractivity contribution in [1.82, 2.24) is 14.5 Å². The first-order chi connectivity index (χ1) is 21.8. The van der Waals surface area contributed by atoms with Gasteiger partial charge in [-0.3, -0.25) is 4.98 Å². The highest BCUT2D eigenvalue weighted by Crippen LogP contribution is 2.56. The van der Waals surface area contributed by atoms with E-state index in [1.165, 1.54) is 61.4 Å². The number of hydrogen-bond acceptors (Lipinski definition) is 2. The molecule has 3 heteroatoms. The molecule has 44 heavy (non-hydrogen) atoms. The van der Waals surface area contributed by atoms with E-state index in [4.69, 9.17) is 9.97 Å². The Kier molecular flexibility index (Phi) is 4.89. The van der Waals surface area contributed by atoms with Crippen LogP contribution in [-0.4, -0.2) is 14.5 Å². The van der Waals surface area contributed by atoms with Crippen molar-refractivity contribution in [2.24, 2.45) is 11.8 Å². The molecule has 2 unspecified atom stereocenters. The second kappa shape index (κ2) is 8.98. The van der Waals surface area contributed by atoms with Crippen LogP contribution in [0.2, 0.25) is 0 Å². The molecule has 0 aliphatic heterocycles. The highest BCUT2D eigenvalue weighted by molar-refractivity contribution is 6.23. The first-order valence-electron chi connectivity index (χ1n) is 15.4. The molecular weight excluding hydrogens is 534 g/mol. The van der Waals surface area contributed by atoms with Crippen LogP contribution in [0.15, 0.2) is 140 Å². The van der Waals surface area contributed by atoms with Crippen molar-refractivity contribution in [3.63, 3.8) is 0 Å². The zero-order valence-corrected chi connectivity index (χ0v) is 24.0. The number of para-hydroxylation sites is 3. The van der Waals surface area contributed by atoms with E-state index < -0.39 is 0 Å². The van der Waals surface area contributed by atoms with Gasteiger partial charge in [-0.05, 0) is 52.8 Å². The molecular formula is C41H27N3. The summed E-state index contributed by atoms with van der Waals surface area (Å²) in [5, 5.41) is 7.28. The third kappa shape index (κ3) is 3.32. The number of rotatable bonds is 3. The molecule has 2 aliphatic carbocycles. The predicted octanol–water partition coefficient (Wildman–Crippen LogP) is 10.1. The molecule has 8 aromatic rings. The van der Waals surface area contributed by atoms with E-state index in [2.05, 4.69) is 138 Å². The Hall–Kier alpha value is -5.54. The molecule has 3 nitrogen and oxygen atoms in total. The van der Waals surface area contributed by atoms with E-state index >= 15 is 0 Å². The highest BCUT2D eigenvalue weighted by atomic mass is 15.0. The standard InChI is InChI=1S/C41H27N3/c1-3-15-30-26(11-1)27-12-2-4-16-31(27)41-40(30)42-24-35(43-41)32-22-21-25-23-34(25)39(32)33-17-7-10-20-38(33)44-36-18-8-5-13-28(36)29-14-6-9-19-37(29)44/h1-22,24-25,34H,23H2. The Morgan fingerprint density at radius 3 is 1.84 bits per heavy atom. The summed E-state index contributed by atoms with van der Waals surface area (Å²) in [7, 11) is 0. The van der Waals surface area contributed by atoms with Gasteiger partial charge in [0.25, 0.3) is 0 Å². The monoisotopic (exact) mass is 561 g/mol. The van der Waals surface area contributed by atoms with Crippen LogP contribution in [0.4, 0.5) is 0 Å². The number of allylic oxidation sites excluding steroid dienone is 4. The average Bonchev–Trinajstić information content (AvgIpc) is 3.82. The van der Waals surface area contributed by atoms with Gasteiger partial charge in [0, 0.05) is 32.7 Å².